The molecule has 8 nitrogen and oxygen atoms in total. The lowest BCUT2D eigenvalue weighted by Crippen LogP contribution is -2.29. The number of rotatable bonds is 7. The van der Waals surface area contributed by atoms with E-state index in [9.17, 15) is 14.4 Å². The Balaban J connectivity index is 1.69. The average molecular weight is 597 g/mol. The Morgan fingerprint density at radius 3 is 2.74 bits per heavy atom. The zero-order chi connectivity index (χ0) is 27.1. The van der Waals surface area contributed by atoms with Crippen LogP contribution < -0.4 is 15.1 Å². The first kappa shape index (κ1) is 26.1. The number of halogens is 1. The second kappa shape index (κ2) is 10.3. The van der Waals surface area contributed by atoms with E-state index in [4.69, 9.17) is 13.9 Å². The van der Waals surface area contributed by atoms with Gasteiger partial charge in [-0.2, -0.15) is 0 Å². The Labute approximate surface area is 231 Å². The molecule has 1 amide bonds. The molecular weight excluding hydrogens is 572 g/mol. The van der Waals surface area contributed by atoms with Crippen LogP contribution in [0.15, 0.2) is 56.1 Å². The first-order valence-electron chi connectivity index (χ1n) is 12.1. The van der Waals surface area contributed by atoms with Gasteiger partial charge in [0, 0.05) is 4.47 Å². The number of anilines is 1. The highest BCUT2D eigenvalue weighted by molar-refractivity contribution is 9.10. The minimum atomic E-state index is -0.832. The highest BCUT2D eigenvalue weighted by Crippen LogP contribution is 2.44. The standard InChI is InChI=1S/C28H25BrN2O6S/c1-14(2)10-11-36-18-7-5-6-16(12-18)22-21-23(32)19-13-17(29)8-9-20(19)37-24(21)26(33)31(22)28-30-15(3)25(38-28)27(34)35-4/h5-9,12-14,22H,10-11H2,1-4H3. The smallest absolute Gasteiger partial charge is 0.350 e. The van der Waals surface area contributed by atoms with E-state index in [2.05, 4.69) is 34.8 Å². The molecule has 0 saturated heterocycles. The number of aromatic nitrogens is 1. The van der Waals surface area contributed by atoms with Crippen molar-refractivity contribution in [3.8, 4) is 5.75 Å². The number of thiazole rings is 1. The molecule has 0 N–H and O–H groups in total. The Bertz CT molecular complexity index is 1630. The summed E-state index contributed by atoms with van der Waals surface area (Å²) >= 11 is 4.45. The summed E-state index contributed by atoms with van der Waals surface area (Å²) in [5.41, 5.74) is 1.30. The highest BCUT2D eigenvalue weighted by atomic mass is 79.9. The first-order valence-corrected chi connectivity index (χ1v) is 13.7. The van der Waals surface area contributed by atoms with Crippen molar-refractivity contribution < 1.29 is 23.5 Å². The Morgan fingerprint density at radius 2 is 2.00 bits per heavy atom. The van der Waals surface area contributed by atoms with Crippen LogP contribution in [0.1, 0.15) is 63.4 Å². The van der Waals surface area contributed by atoms with Crippen molar-refractivity contribution in [3.63, 3.8) is 0 Å². The van der Waals surface area contributed by atoms with Gasteiger partial charge in [0.1, 0.15) is 16.2 Å². The van der Waals surface area contributed by atoms with Crippen molar-refractivity contribution in [1.82, 2.24) is 4.98 Å². The summed E-state index contributed by atoms with van der Waals surface area (Å²) in [5.74, 6) is 0.0128. The minimum Gasteiger partial charge on any atom is -0.494 e. The van der Waals surface area contributed by atoms with Gasteiger partial charge in [-0.15, -0.1) is 0 Å². The van der Waals surface area contributed by atoms with E-state index in [-0.39, 0.29) is 26.8 Å². The van der Waals surface area contributed by atoms with Crippen molar-refractivity contribution >= 4 is 55.2 Å². The molecule has 0 fully saturated rings. The zero-order valence-corrected chi connectivity index (χ0v) is 23.6. The van der Waals surface area contributed by atoms with Gasteiger partial charge >= 0.3 is 5.97 Å². The molecule has 1 unspecified atom stereocenters. The number of amides is 1. The topological polar surface area (TPSA) is 98.9 Å². The van der Waals surface area contributed by atoms with Crippen LogP contribution in [0.2, 0.25) is 0 Å². The van der Waals surface area contributed by atoms with Crippen molar-refractivity contribution in [2.24, 2.45) is 5.92 Å². The molecule has 0 radical (unpaired) electrons. The van der Waals surface area contributed by atoms with Crippen LogP contribution in [-0.2, 0) is 4.74 Å². The van der Waals surface area contributed by atoms with Gasteiger partial charge in [-0.1, -0.05) is 53.2 Å². The van der Waals surface area contributed by atoms with Crippen LogP contribution in [0.4, 0.5) is 5.13 Å². The Morgan fingerprint density at radius 1 is 1.21 bits per heavy atom. The number of nitrogens with zero attached hydrogens (tertiary/aromatic N) is 2. The van der Waals surface area contributed by atoms with Gasteiger partial charge in [0.15, 0.2) is 10.6 Å². The van der Waals surface area contributed by atoms with Crippen molar-refractivity contribution in [1.29, 1.82) is 0 Å². The predicted octanol–water partition coefficient (Wildman–Crippen LogP) is 6.28. The molecule has 1 atom stereocenters. The normalized spacial score (nSPS) is 14.8. The van der Waals surface area contributed by atoms with Gasteiger partial charge in [-0.3, -0.25) is 14.5 Å². The molecule has 0 saturated carbocycles. The molecule has 2 aromatic carbocycles. The summed E-state index contributed by atoms with van der Waals surface area (Å²) < 4.78 is 17.6. The fourth-order valence-electron chi connectivity index (χ4n) is 4.41. The molecule has 0 spiro atoms. The molecule has 1 aliphatic heterocycles. The lowest BCUT2D eigenvalue weighted by molar-refractivity contribution is 0.0605. The summed E-state index contributed by atoms with van der Waals surface area (Å²) in [4.78, 5) is 46.2. The summed E-state index contributed by atoms with van der Waals surface area (Å²) in [7, 11) is 1.29. The second-order valence-electron chi connectivity index (χ2n) is 9.40. The molecule has 1 aliphatic rings. The van der Waals surface area contributed by atoms with Crippen molar-refractivity contribution in [2.45, 2.75) is 33.2 Å². The largest absolute Gasteiger partial charge is 0.494 e. The number of hydrogen-bond donors (Lipinski definition) is 0. The van der Waals surface area contributed by atoms with E-state index >= 15 is 0 Å². The van der Waals surface area contributed by atoms with Crippen LogP contribution in [0.25, 0.3) is 11.0 Å². The van der Waals surface area contributed by atoms with Gasteiger partial charge in [-0.25, -0.2) is 9.78 Å². The third-order valence-electron chi connectivity index (χ3n) is 6.33. The van der Waals surface area contributed by atoms with E-state index < -0.39 is 17.9 Å². The summed E-state index contributed by atoms with van der Waals surface area (Å²) in [6.45, 7) is 6.46. The van der Waals surface area contributed by atoms with Crippen LogP contribution >= 0.6 is 27.3 Å². The van der Waals surface area contributed by atoms with E-state index in [1.54, 1.807) is 25.1 Å². The summed E-state index contributed by atoms with van der Waals surface area (Å²) in [6, 6.07) is 11.6. The van der Waals surface area contributed by atoms with Crippen LogP contribution in [0.3, 0.4) is 0 Å². The number of methoxy groups -OCH3 is 1. The molecule has 3 heterocycles. The molecule has 0 bridgehead atoms. The highest BCUT2D eigenvalue weighted by Gasteiger charge is 2.45. The number of hydrogen-bond acceptors (Lipinski definition) is 8. The number of aryl methyl sites for hydroxylation is 1. The van der Waals surface area contributed by atoms with E-state index in [0.29, 0.717) is 45.0 Å². The van der Waals surface area contributed by atoms with Gasteiger partial charge < -0.3 is 13.9 Å². The van der Waals surface area contributed by atoms with E-state index in [0.717, 1.165) is 17.8 Å². The van der Waals surface area contributed by atoms with Crippen molar-refractivity contribution in [2.75, 3.05) is 18.6 Å². The third-order valence-corrected chi connectivity index (χ3v) is 7.96. The first-order chi connectivity index (χ1) is 18.2. The minimum absolute atomic E-state index is 0.0478. The fourth-order valence-corrected chi connectivity index (χ4v) is 5.78. The zero-order valence-electron chi connectivity index (χ0n) is 21.2. The summed E-state index contributed by atoms with van der Waals surface area (Å²) in [6.07, 6.45) is 0.889. The molecule has 0 aliphatic carbocycles. The molecule has 196 valence electrons. The molecule has 5 rings (SSSR count). The second-order valence-corrected chi connectivity index (χ2v) is 11.3. The van der Waals surface area contributed by atoms with Crippen LogP contribution in [0.5, 0.6) is 5.75 Å². The Hall–Kier alpha value is -3.50. The monoisotopic (exact) mass is 596 g/mol. The third kappa shape index (κ3) is 4.63. The molecule has 4 aromatic rings. The number of ether oxygens (including phenoxy) is 2. The van der Waals surface area contributed by atoms with Gasteiger partial charge in [0.05, 0.1) is 36.4 Å². The number of carbonyl (C=O) groups excluding carboxylic acids is 2. The molecule has 10 heteroatoms. The van der Waals surface area contributed by atoms with Crippen molar-refractivity contribution in [3.05, 3.63) is 84.6 Å². The maximum absolute atomic E-state index is 13.9. The predicted molar refractivity (Wildman–Crippen MR) is 148 cm³/mol. The lowest BCUT2D eigenvalue weighted by atomic mass is 9.98. The molecule has 38 heavy (non-hydrogen) atoms. The summed E-state index contributed by atoms with van der Waals surface area (Å²) in [5, 5.41) is 0.618. The maximum atomic E-state index is 13.9. The number of benzene rings is 2. The molecular formula is C28H25BrN2O6S. The average Bonchev–Trinajstić information content (AvgIpc) is 3.41. The molecule has 2 aromatic heterocycles. The maximum Gasteiger partial charge on any atom is 0.350 e. The van der Waals surface area contributed by atoms with Gasteiger partial charge in [0.2, 0.25) is 5.76 Å². The van der Waals surface area contributed by atoms with Gasteiger partial charge in [0.25, 0.3) is 5.91 Å². The quantitative estimate of drug-likeness (QED) is 0.231. The van der Waals surface area contributed by atoms with E-state index in [1.807, 2.05) is 24.3 Å². The van der Waals surface area contributed by atoms with E-state index in [1.165, 1.54) is 12.0 Å². The Kier molecular flexibility index (Phi) is 7.11. The fraction of sp³-hybridized carbons (Fsp3) is 0.286. The number of fused-ring (bicyclic) bond motifs is 2. The van der Waals surface area contributed by atoms with Crippen LogP contribution in [0, 0.1) is 12.8 Å². The number of carbonyl (C=O) groups is 2. The number of esters is 1. The SMILES string of the molecule is COC(=O)c1sc(N2C(=O)c3oc4ccc(Br)cc4c(=O)c3C2c2cccc(OCCC(C)C)c2)nc1C. The van der Waals surface area contributed by atoms with Gasteiger partial charge in [-0.05, 0) is 55.2 Å². The van der Waals surface area contributed by atoms with Crippen LogP contribution in [-0.4, -0.2) is 30.6 Å². The lowest BCUT2D eigenvalue weighted by Gasteiger charge is -2.23.